The van der Waals surface area contributed by atoms with Crippen LogP contribution in [0.1, 0.15) is 37.1 Å². The van der Waals surface area contributed by atoms with Crippen molar-refractivity contribution in [3.63, 3.8) is 0 Å². The van der Waals surface area contributed by atoms with E-state index in [0.29, 0.717) is 11.4 Å². The Hall–Kier alpha value is -2.89. The first kappa shape index (κ1) is 17.5. The largest absolute Gasteiger partial charge is 0.325 e. The van der Waals surface area contributed by atoms with Gasteiger partial charge in [-0.3, -0.25) is 9.59 Å². The van der Waals surface area contributed by atoms with Crippen molar-refractivity contribution in [1.82, 2.24) is 14.2 Å². The zero-order valence-corrected chi connectivity index (χ0v) is 15.7. The molecule has 6 heteroatoms. The molecule has 1 atom stereocenters. The average molecular weight is 364 g/mol. The standard InChI is InChI=1S/C21H24N4O2/c1-3-15-5-7-16(8-6-15)22-19(26)13-24-10-11-25-20(21(24)27)17-12-14(2)4-9-18(17)23-25/h5-8,10-11,14H,3-4,9,12-13H2,1-2H3,(H,22,26). The zero-order chi connectivity index (χ0) is 19.0. The van der Waals surface area contributed by atoms with Gasteiger partial charge in [0.25, 0.3) is 5.56 Å². The number of nitrogens with zero attached hydrogens (tertiary/aromatic N) is 3. The molecule has 1 aromatic carbocycles. The lowest BCUT2D eigenvalue weighted by molar-refractivity contribution is -0.116. The van der Waals surface area contributed by atoms with Crippen molar-refractivity contribution < 1.29 is 4.79 Å². The Kier molecular flexibility index (Phi) is 4.56. The molecule has 0 bridgehead atoms. The number of aryl methyl sites for hydroxylation is 2. The predicted molar refractivity (Wildman–Crippen MR) is 105 cm³/mol. The highest BCUT2D eigenvalue weighted by Gasteiger charge is 2.23. The minimum atomic E-state index is -0.215. The quantitative estimate of drug-likeness (QED) is 0.774. The molecule has 1 aliphatic rings. The summed E-state index contributed by atoms with van der Waals surface area (Å²) in [6.45, 7) is 4.28. The maximum Gasteiger partial charge on any atom is 0.277 e. The number of anilines is 1. The van der Waals surface area contributed by atoms with Crippen LogP contribution in [0.25, 0.3) is 5.52 Å². The monoisotopic (exact) mass is 364 g/mol. The molecule has 1 unspecified atom stereocenters. The average Bonchev–Trinajstić information content (AvgIpc) is 3.03. The van der Waals surface area contributed by atoms with Crippen LogP contribution in [-0.2, 0) is 30.6 Å². The first-order valence-electron chi connectivity index (χ1n) is 9.53. The third-order valence-electron chi connectivity index (χ3n) is 5.33. The van der Waals surface area contributed by atoms with Gasteiger partial charge in [-0.15, -0.1) is 0 Å². The Morgan fingerprint density at radius 3 is 2.78 bits per heavy atom. The molecule has 1 N–H and O–H groups in total. The molecular formula is C21H24N4O2. The van der Waals surface area contributed by atoms with Gasteiger partial charge in [0.15, 0.2) is 0 Å². The van der Waals surface area contributed by atoms with Crippen molar-refractivity contribution in [2.24, 2.45) is 5.92 Å². The Balaban J connectivity index is 1.58. The van der Waals surface area contributed by atoms with E-state index in [1.165, 1.54) is 10.1 Å². The summed E-state index contributed by atoms with van der Waals surface area (Å²) in [4.78, 5) is 25.4. The molecule has 0 radical (unpaired) electrons. The molecule has 6 nitrogen and oxygen atoms in total. The van der Waals surface area contributed by atoms with E-state index in [-0.39, 0.29) is 18.0 Å². The summed E-state index contributed by atoms with van der Waals surface area (Å²) >= 11 is 0. The molecule has 1 aliphatic carbocycles. The summed E-state index contributed by atoms with van der Waals surface area (Å²) in [5.74, 6) is 0.334. The highest BCUT2D eigenvalue weighted by Crippen LogP contribution is 2.26. The summed E-state index contributed by atoms with van der Waals surface area (Å²) in [7, 11) is 0. The Morgan fingerprint density at radius 2 is 2.04 bits per heavy atom. The molecule has 1 amide bonds. The molecule has 140 valence electrons. The maximum absolute atomic E-state index is 13.0. The molecule has 0 fully saturated rings. The second-order valence-electron chi connectivity index (χ2n) is 7.40. The lowest BCUT2D eigenvalue weighted by Crippen LogP contribution is -2.28. The van der Waals surface area contributed by atoms with Gasteiger partial charge < -0.3 is 9.88 Å². The minimum absolute atomic E-state index is 0.0135. The van der Waals surface area contributed by atoms with E-state index in [2.05, 4.69) is 24.3 Å². The van der Waals surface area contributed by atoms with Crippen molar-refractivity contribution in [3.8, 4) is 0 Å². The normalized spacial score (nSPS) is 16.3. The molecule has 0 spiro atoms. The highest BCUT2D eigenvalue weighted by atomic mass is 16.2. The second-order valence-corrected chi connectivity index (χ2v) is 7.40. The molecule has 0 saturated carbocycles. The van der Waals surface area contributed by atoms with E-state index >= 15 is 0 Å². The maximum atomic E-state index is 13.0. The van der Waals surface area contributed by atoms with Crippen molar-refractivity contribution in [2.45, 2.75) is 46.1 Å². The molecule has 0 aliphatic heterocycles. The van der Waals surface area contributed by atoms with Crippen LogP contribution in [-0.4, -0.2) is 20.1 Å². The van der Waals surface area contributed by atoms with E-state index in [1.807, 2.05) is 24.3 Å². The van der Waals surface area contributed by atoms with Gasteiger partial charge in [-0.1, -0.05) is 26.0 Å². The van der Waals surface area contributed by atoms with E-state index in [0.717, 1.165) is 42.6 Å². The first-order chi connectivity index (χ1) is 13.0. The van der Waals surface area contributed by atoms with Crippen molar-refractivity contribution >= 4 is 17.1 Å². The fourth-order valence-corrected chi connectivity index (χ4v) is 3.75. The number of aromatic nitrogens is 3. The Bertz CT molecular complexity index is 1050. The van der Waals surface area contributed by atoms with Gasteiger partial charge in [-0.2, -0.15) is 5.10 Å². The fraction of sp³-hybridized carbons (Fsp3) is 0.381. The third kappa shape index (κ3) is 3.39. The lowest BCUT2D eigenvalue weighted by Gasteiger charge is -2.16. The molecule has 4 rings (SSSR count). The molecule has 3 aromatic rings. The first-order valence-corrected chi connectivity index (χ1v) is 9.53. The fourth-order valence-electron chi connectivity index (χ4n) is 3.75. The number of hydrogen-bond donors (Lipinski definition) is 1. The van der Waals surface area contributed by atoms with Gasteiger partial charge in [0.05, 0.1) is 5.69 Å². The summed E-state index contributed by atoms with van der Waals surface area (Å²) in [6.07, 6.45) is 7.24. The molecular weight excluding hydrogens is 340 g/mol. The SMILES string of the molecule is CCc1ccc(NC(=O)Cn2ccn3nc4c(c3c2=O)CC(C)CC4)cc1. The van der Waals surface area contributed by atoms with Gasteiger partial charge in [-0.25, -0.2) is 4.52 Å². The van der Waals surface area contributed by atoms with Crippen LogP contribution in [0.5, 0.6) is 0 Å². The Morgan fingerprint density at radius 1 is 1.26 bits per heavy atom. The smallest absolute Gasteiger partial charge is 0.277 e. The van der Waals surface area contributed by atoms with Crippen LogP contribution < -0.4 is 10.9 Å². The highest BCUT2D eigenvalue weighted by molar-refractivity contribution is 5.90. The van der Waals surface area contributed by atoms with Crippen molar-refractivity contribution in [2.75, 3.05) is 5.32 Å². The predicted octanol–water partition coefficient (Wildman–Crippen LogP) is 2.82. The van der Waals surface area contributed by atoms with Crippen LogP contribution >= 0.6 is 0 Å². The van der Waals surface area contributed by atoms with Gasteiger partial charge >= 0.3 is 0 Å². The topological polar surface area (TPSA) is 68.4 Å². The van der Waals surface area contributed by atoms with Gasteiger partial charge in [0, 0.05) is 23.6 Å². The van der Waals surface area contributed by atoms with Crippen LogP contribution in [0.15, 0.2) is 41.5 Å². The van der Waals surface area contributed by atoms with E-state index in [9.17, 15) is 9.59 Å². The van der Waals surface area contributed by atoms with E-state index in [4.69, 9.17) is 0 Å². The van der Waals surface area contributed by atoms with Gasteiger partial charge in [-0.05, 0) is 49.3 Å². The molecule has 2 aromatic heterocycles. The number of rotatable bonds is 4. The Labute approximate surface area is 157 Å². The van der Waals surface area contributed by atoms with Crippen molar-refractivity contribution in [1.29, 1.82) is 0 Å². The molecule has 27 heavy (non-hydrogen) atoms. The lowest BCUT2D eigenvalue weighted by atomic mass is 9.88. The molecule has 0 saturated heterocycles. The van der Waals surface area contributed by atoms with E-state index < -0.39 is 0 Å². The van der Waals surface area contributed by atoms with Gasteiger partial charge in [0.1, 0.15) is 12.1 Å². The van der Waals surface area contributed by atoms with Crippen molar-refractivity contribution in [3.05, 3.63) is 63.8 Å². The number of hydrogen-bond acceptors (Lipinski definition) is 3. The zero-order valence-electron chi connectivity index (χ0n) is 15.7. The summed E-state index contributed by atoms with van der Waals surface area (Å²) in [5.41, 5.74) is 4.47. The minimum Gasteiger partial charge on any atom is -0.325 e. The number of carbonyl (C=O) groups is 1. The number of fused-ring (bicyclic) bond motifs is 3. The summed E-state index contributed by atoms with van der Waals surface area (Å²) in [6, 6.07) is 7.76. The van der Waals surface area contributed by atoms with Crippen LogP contribution in [0, 0.1) is 5.92 Å². The van der Waals surface area contributed by atoms with Crippen LogP contribution in [0.3, 0.4) is 0 Å². The second kappa shape index (κ2) is 7.02. The van der Waals surface area contributed by atoms with Crippen LogP contribution in [0.4, 0.5) is 5.69 Å². The van der Waals surface area contributed by atoms with Crippen LogP contribution in [0.2, 0.25) is 0 Å². The molecule has 2 heterocycles. The number of amides is 1. The summed E-state index contributed by atoms with van der Waals surface area (Å²) < 4.78 is 3.13. The number of nitrogens with one attached hydrogen (secondary N) is 1. The number of benzene rings is 1. The summed E-state index contributed by atoms with van der Waals surface area (Å²) in [5, 5.41) is 7.41. The van der Waals surface area contributed by atoms with Gasteiger partial charge in [0.2, 0.25) is 5.91 Å². The number of carbonyl (C=O) groups excluding carboxylic acids is 1. The third-order valence-corrected chi connectivity index (χ3v) is 5.33. The van der Waals surface area contributed by atoms with E-state index in [1.54, 1.807) is 16.9 Å².